The van der Waals surface area contributed by atoms with Gasteiger partial charge in [0, 0.05) is 23.2 Å². The third kappa shape index (κ3) is 7.22. The van der Waals surface area contributed by atoms with Crippen molar-refractivity contribution in [1.82, 2.24) is 0 Å². The van der Waals surface area contributed by atoms with E-state index in [4.69, 9.17) is 4.74 Å². The number of alkyl halides is 3. The maximum Gasteiger partial charge on any atom is 0.416 e. The first-order valence-electron chi connectivity index (χ1n) is 12.7. The number of amides is 1. The largest absolute Gasteiger partial charge is 0.611 e. The number of hydrogen-bond acceptors (Lipinski definition) is 3. The van der Waals surface area contributed by atoms with Crippen LogP contribution in [0.2, 0.25) is 0 Å². The molecule has 1 aliphatic carbocycles. The maximum absolute atomic E-state index is 13.9. The van der Waals surface area contributed by atoms with E-state index in [9.17, 15) is 26.9 Å². The van der Waals surface area contributed by atoms with Gasteiger partial charge in [-0.3, -0.25) is 4.79 Å². The van der Waals surface area contributed by atoms with E-state index in [1.54, 1.807) is 42.5 Å². The Morgan fingerprint density at radius 2 is 1.70 bits per heavy atom. The van der Waals surface area contributed by atoms with Crippen molar-refractivity contribution in [3.05, 3.63) is 108 Å². The highest BCUT2D eigenvalue weighted by molar-refractivity contribution is 7.91. The molecule has 5 rings (SSSR count). The molecule has 1 fully saturated rings. The summed E-state index contributed by atoms with van der Waals surface area (Å²) in [5.41, 5.74) is 1.11. The van der Waals surface area contributed by atoms with Crippen LogP contribution in [0.3, 0.4) is 0 Å². The third-order valence-corrected chi connectivity index (χ3v) is 8.00. The van der Waals surface area contributed by atoms with Gasteiger partial charge < -0.3 is 14.6 Å². The van der Waals surface area contributed by atoms with Crippen molar-refractivity contribution in [2.45, 2.75) is 30.3 Å². The maximum atomic E-state index is 13.9. The minimum atomic E-state index is -4.55. The molecular formula is C31H25F4NO3S. The van der Waals surface area contributed by atoms with Crippen molar-refractivity contribution in [3.8, 4) is 22.6 Å². The molecule has 40 heavy (non-hydrogen) atoms. The summed E-state index contributed by atoms with van der Waals surface area (Å²) in [6, 6.07) is 22.0. The van der Waals surface area contributed by atoms with Crippen LogP contribution in [-0.4, -0.2) is 16.2 Å². The van der Waals surface area contributed by atoms with E-state index < -0.39 is 28.7 Å². The molecule has 0 spiro atoms. The molecule has 0 aliphatic heterocycles. The molecule has 206 valence electrons. The predicted molar refractivity (Wildman–Crippen MR) is 146 cm³/mol. The Kier molecular flexibility index (Phi) is 8.14. The van der Waals surface area contributed by atoms with Gasteiger partial charge in [0.05, 0.1) is 12.0 Å². The lowest BCUT2D eigenvalue weighted by molar-refractivity contribution is -0.137. The highest BCUT2D eigenvalue weighted by Crippen LogP contribution is 2.38. The number of rotatable bonds is 9. The molecule has 1 amide bonds. The van der Waals surface area contributed by atoms with Crippen LogP contribution in [0, 0.1) is 11.7 Å². The van der Waals surface area contributed by atoms with Crippen LogP contribution in [-0.2, 0) is 28.6 Å². The first-order valence-corrected chi connectivity index (χ1v) is 14.0. The Bertz CT molecular complexity index is 1500. The van der Waals surface area contributed by atoms with Gasteiger partial charge in [-0.1, -0.05) is 30.3 Å². The Balaban J connectivity index is 1.34. The van der Waals surface area contributed by atoms with Crippen LogP contribution in [0.15, 0.2) is 95.9 Å². The zero-order valence-electron chi connectivity index (χ0n) is 21.2. The predicted octanol–water partition coefficient (Wildman–Crippen LogP) is 8.00. The number of anilines is 1. The zero-order chi connectivity index (χ0) is 28.3. The van der Waals surface area contributed by atoms with Crippen LogP contribution in [0.25, 0.3) is 11.1 Å². The molecule has 9 heteroatoms. The van der Waals surface area contributed by atoms with Crippen molar-refractivity contribution < 1.29 is 31.6 Å². The molecule has 4 aromatic rings. The molecule has 1 N–H and O–H groups in total. The van der Waals surface area contributed by atoms with Gasteiger partial charge in [0.1, 0.15) is 23.1 Å². The lowest BCUT2D eigenvalue weighted by Gasteiger charge is -2.15. The second kappa shape index (κ2) is 11.7. The Labute approximate surface area is 232 Å². The Morgan fingerprint density at radius 3 is 2.40 bits per heavy atom. The molecule has 1 atom stereocenters. The Hall–Kier alpha value is -3.82. The molecule has 0 bridgehead atoms. The SMILES string of the molecule is O=C(Cc1ccc([S+]([O-])CC2CC2)cc1)Nc1ccc(-c2cccc(F)c2)c(Oc2cccc(C(F)(F)F)c2)c1. The summed E-state index contributed by atoms with van der Waals surface area (Å²) in [7, 11) is 0. The smallest absolute Gasteiger partial charge is 0.416 e. The molecule has 0 aromatic heterocycles. The van der Waals surface area contributed by atoms with Gasteiger partial charge in [-0.2, -0.15) is 13.2 Å². The van der Waals surface area contributed by atoms with E-state index in [1.165, 1.54) is 36.4 Å². The molecular weight excluding hydrogens is 542 g/mol. The topological polar surface area (TPSA) is 61.4 Å². The fraction of sp³-hybridized carbons (Fsp3) is 0.194. The molecule has 1 unspecified atom stereocenters. The highest BCUT2D eigenvalue weighted by atomic mass is 32.2. The average Bonchev–Trinajstić information content (AvgIpc) is 3.73. The molecule has 4 aromatic carbocycles. The van der Waals surface area contributed by atoms with Gasteiger partial charge in [0.2, 0.25) is 5.91 Å². The quantitative estimate of drug-likeness (QED) is 0.165. The van der Waals surface area contributed by atoms with Gasteiger partial charge in [-0.15, -0.1) is 0 Å². The average molecular weight is 568 g/mol. The molecule has 0 radical (unpaired) electrons. The summed E-state index contributed by atoms with van der Waals surface area (Å²) in [4.78, 5) is 13.5. The summed E-state index contributed by atoms with van der Waals surface area (Å²) in [5, 5.41) is 2.78. The van der Waals surface area contributed by atoms with Crippen LogP contribution in [0.1, 0.15) is 24.0 Å². The van der Waals surface area contributed by atoms with Crippen molar-refractivity contribution in [3.63, 3.8) is 0 Å². The number of nitrogens with one attached hydrogen (secondary N) is 1. The number of carbonyl (C=O) groups excluding carboxylic acids is 1. The summed E-state index contributed by atoms with van der Waals surface area (Å²) >= 11 is -1.05. The lowest BCUT2D eigenvalue weighted by Crippen LogP contribution is -2.14. The molecule has 0 saturated heterocycles. The molecule has 0 heterocycles. The summed E-state index contributed by atoms with van der Waals surface area (Å²) < 4.78 is 71.9. The molecule has 1 aliphatic rings. The summed E-state index contributed by atoms with van der Waals surface area (Å²) in [6.45, 7) is 0. The van der Waals surface area contributed by atoms with E-state index in [1.807, 2.05) is 0 Å². The zero-order valence-corrected chi connectivity index (χ0v) is 22.0. The lowest BCUT2D eigenvalue weighted by atomic mass is 10.0. The second-order valence-corrected chi connectivity index (χ2v) is 11.2. The number of benzene rings is 4. The van der Waals surface area contributed by atoms with Crippen molar-refractivity contribution in [1.29, 1.82) is 0 Å². The van der Waals surface area contributed by atoms with Crippen LogP contribution in [0.4, 0.5) is 23.2 Å². The van der Waals surface area contributed by atoms with Gasteiger partial charge >= 0.3 is 6.18 Å². The van der Waals surface area contributed by atoms with E-state index in [2.05, 4.69) is 5.32 Å². The highest BCUT2D eigenvalue weighted by Gasteiger charge is 2.31. The molecule has 1 saturated carbocycles. The van der Waals surface area contributed by atoms with Crippen LogP contribution in [0.5, 0.6) is 11.5 Å². The van der Waals surface area contributed by atoms with Gasteiger partial charge in [-0.25, -0.2) is 4.39 Å². The number of carbonyl (C=O) groups is 1. The van der Waals surface area contributed by atoms with Gasteiger partial charge in [-0.05, 0) is 89.7 Å². The minimum Gasteiger partial charge on any atom is -0.611 e. The van der Waals surface area contributed by atoms with Crippen LogP contribution < -0.4 is 10.1 Å². The summed E-state index contributed by atoms with van der Waals surface area (Å²) in [5.74, 6) is 0.482. The van der Waals surface area contributed by atoms with Gasteiger partial charge in [0.25, 0.3) is 0 Å². The van der Waals surface area contributed by atoms with Crippen LogP contribution >= 0.6 is 0 Å². The fourth-order valence-corrected chi connectivity index (χ4v) is 5.58. The van der Waals surface area contributed by atoms with E-state index in [-0.39, 0.29) is 23.8 Å². The first kappa shape index (κ1) is 27.7. The van der Waals surface area contributed by atoms with E-state index in [0.29, 0.717) is 28.5 Å². The monoisotopic (exact) mass is 567 g/mol. The standard InChI is InChI=1S/C31H25F4NO3S/c32-24-5-1-3-22(16-24)28-14-11-25(18-29(28)39-26-6-2-4-23(17-26)31(33,34)35)36-30(37)15-20-9-12-27(13-10-20)40(38)19-21-7-8-21/h1-6,9-14,16-18,21H,7-8,15,19H2,(H,36,37). The summed E-state index contributed by atoms with van der Waals surface area (Å²) in [6.07, 6.45) is -2.24. The van der Waals surface area contributed by atoms with E-state index >= 15 is 0 Å². The third-order valence-electron chi connectivity index (χ3n) is 6.43. The van der Waals surface area contributed by atoms with Crippen molar-refractivity contribution >= 4 is 22.8 Å². The first-order chi connectivity index (χ1) is 19.1. The minimum absolute atomic E-state index is 0.0601. The molecule has 4 nitrogen and oxygen atoms in total. The fourth-order valence-electron chi connectivity index (χ4n) is 4.19. The Morgan fingerprint density at radius 1 is 0.950 bits per heavy atom. The van der Waals surface area contributed by atoms with Crippen molar-refractivity contribution in [2.24, 2.45) is 5.92 Å². The second-order valence-electron chi connectivity index (χ2n) is 9.67. The van der Waals surface area contributed by atoms with E-state index in [0.717, 1.165) is 35.4 Å². The number of halogens is 4. The normalized spacial score (nSPS) is 14.0. The number of ether oxygens (including phenoxy) is 1. The van der Waals surface area contributed by atoms with Gasteiger partial charge in [0.15, 0.2) is 4.90 Å². The van der Waals surface area contributed by atoms with Crippen molar-refractivity contribution in [2.75, 3.05) is 11.1 Å². The number of hydrogen-bond donors (Lipinski definition) is 1.